The number of urea groups is 1. The molecule has 6 nitrogen and oxygen atoms in total. The number of alkyl halides is 2. The van der Waals surface area contributed by atoms with Gasteiger partial charge in [-0.1, -0.05) is 29.3 Å². The van der Waals surface area contributed by atoms with Crippen LogP contribution in [0.4, 0.5) is 23.7 Å². The lowest BCUT2D eigenvalue weighted by molar-refractivity contribution is -0.121. The van der Waals surface area contributed by atoms with Crippen molar-refractivity contribution in [1.29, 1.82) is 0 Å². The lowest BCUT2D eigenvalue weighted by atomic mass is 9.96. The van der Waals surface area contributed by atoms with Crippen molar-refractivity contribution in [2.45, 2.75) is 18.9 Å². The highest BCUT2D eigenvalue weighted by molar-refractivity contribution is 6.33. The van der Waals surface area contributed by atoms with Crippen molar-refractivity contribution in [2.75, 3.05) is 11.4 Å². The van der Waals surface area contributed by atoms with E-state index >= 15 is 0 Å². The van der Waals surface area contributed by atoms with E-state index in [4.69, 9.17) is 33.7 Å². The predicted octanol–water partition coefficient (Wildman–Crippen LogP) is 4.12. The van der Waals surface area contributed by atoms with Crippen LogP contribution >= 0.6 is 23.2 Å². The van der Waals surface area contributed by atoms with Crippen LogP contribution < -0.4 is 20.7 Å². The molecule has 3 N–H and O–H groups in total. The molecule has 0 fully saturated rings. The molecule has 0 radical (unpaired) electrons. The summed E-state index contributed by atoms with van der Waals surface area (Å²) >= 11 is 12.2. The largest absolute Gasteiger partial charge is 0.452 e. The maximum absolute atomic E-state index is 13.6. The molecule has 3 amide bonds. The molecule has 1 aliphatic heterocycles. The van der Waals surface area contributed by atoms with Gasteiger partial charge < -0.3 is 20.7 Å². The fourth-order valence-electron chi connectivity index (χ4n) is 3.02. The van der Waals surface area contributed by atoms with E-state index in [1.165, 1.54) is 18.2 Å². The van der Waals surface area contributed by atoms with Crippen molar-refractivity contribution in [1.82, 2.24) is 5.32 Å². The number of nitrogens with one attached hydrogen (secondary N) is 1. The number of nitrogens with two attached hydrogens (primary N) is 1. The summed E-state index contributed by atoms with van der Waals surface area (Å²) in [5.41, 5.74) is 5.46. The Morgan fingerprint density at radius 1 is 1.28 bits per heavy atom. The number of primary amides is 1. The van der Waals surface area contributed by atoms with Crippen molar-refractivity contribution in [3.05, 3.63) is 51.8 Å². The van der Waals surface area contributed by atoms with Gasteiger partial charge in [0, 0.05) is 12.5 Å². The molecule has 0 saturated carbocycles. The van der Waals surface area contributed by atoms with Crippen LogP contribution in [0.1, 0.15) is 5.56 Å². The van der Waals surface area contributed by atoms with Gasteiger partial charge in [-0.25, -0.2) is 18.0 Å². The number of rotatable bonds is 5. The minimum absolute atomic E-state index is 0.00236. The second-order valence-electron chi connectivity index (χ2n) is 6.17. The van der Waals surface area contributed by atoms with Gasteiger partial charge in [-0.05, 0) is 23.8 Å². The molecule has 0 aromatic heterocycles. The molecule has 1 atom stereocenters. The van der Waals surface area contributed by atoms with E-state index in [1.807, 2.05) is 0 Å². The van der Waals surface area contributed by atoms with Crippen LogP contribution in [-0.4, -0.2) is 31.0 Å². The molecule has 1 aliphatic rings. The highest BCUT2D eigenvalue weighted by atomic mass is 35.5. The number of carbonyl (C=O) groups excluding carboxylic acids is 2. The van der Waals surface area contributed by atoms with Crippen LogP contribution in [-0.2, 0) is 11.2 Å². The fraction of sp³-hybridized carbons (Fsp3) is 0.222. The van der Waals surface area contributed by atoms with E-state index in [-0.39, 0.29) is 33.7 Å². The number of benzene rings is 2. The third-order valence-corrected chi connectivity index (χ3v) is 4.78. The van der Waals surface area contributed by atoms with Gasteiger partial charge in [0.05, 0.1) is 22.3 Å². The van der Waals surface area contributed by atoms with Gasteiger partial charge in [0.1, 0.15) is 17.6 Å². The Balaban J connectivity index is 2.12. The number of hydrogen-bond acceptors (Lipinski definition) is 3. The first kappa shape index (κ1) is 21.1. The number of amides is 3. The summed E-state index contributed by atoms with van der Waals surface area (Å²) in [6.45, 7) is -0.976. The van der Waals surface area contributed by atoms with Gasteiger partial charge in [0.15, 0.2) is 5.75 Å². The maximum Gasteiger partial charge on any atom is 0.312 e. The Labute approximate surface area is 173 Å². The Morgan fingerprint density at radius 3 is 2.62 bits per heavy atom. The van der Waals surface area contributed by atoms with E-state index in [2.05, 4.69) is 5.32 Å². The van der Waals surface area contributed by atoms with Crippen molar-refractivity contribution >= 4 is 40.8 Å². The number of hydrogen-bond donors (Lipinski definition) is 2. The van der Waals surface area contributed by atoms with Gasteiger partial charge in [-0.15, -0.1) is 0 Å². The number of nitrogens with zero attached hydrogens (tertiary/aromatic N) is 1. The summed E-state index contributed by atoms with van der Waals surface area (Å²) in [7, 11) is 0. The van der Waals surface area contributed by atoms with Crippen LogP contribution in [0.5, 0.6) is 11.5 Å². The van der Waals surface area contributed by atoms with Gasteiger partial charge in [-0.2, -0.15) is 0 Å². The average molecular weight is 448 g/mol. The Hall–Kier alpha value is -2.65. The van der Waals surface area contributed by atoms with E-state index in [0.717, 1.165) is 17.0 Å². The highest BCUT2D eigenvalue weighted by Gasteiger charge is 2.38. The first-order valence-corrected chi connectivity index (χ1v) is 9.02. The van der Waals surface area contributed by atoms with Gasteiger partial charge >= 0.3 is 6.03 Å². The molecular weight excluding hydrogens is 434 g/mol. The van der Waals surface area contributed by atoms with Crippen molar-refractivity contribution in [3.8, 4) is 11.5 Å². The topological polar surface area (TPSA) is 84.7 Å². The molecule has 0 saturated heterocycles. The fourth-order valence-corrected chi connectivity index (χ4v) is 3.37. The first-order chi connectivity index (χ1) is 13.7. The highest BCUT2D eigenvalue weighted by Crippen LogP contribution is 2.45. The molecule has 154 valence electrons. The quantitative estimate of drug-likeness (QED) is 0.722. The summed E-state index contributed by atoms with van der Waals surface area (Å²) < 4.78 is 45.6. The number of anilines is 1. The third-order valence-electron chi connectivity index (χ3n) is 4.17. The molecule has 1 heterocycles. The second kappa shape index (κ2) is 8.38. The number of fused-ring (bicyclic) bond motifs is 1. The lowest BCUT2D eigenvalue weighted by Crippen LogP contribution is -2.55. The molecule has 2 aromatic carbocycles. The molecule has 2 aromatic rings. The Morgan fingerprint density at radius 2 is 1.97 bits per heavy atom. The predicted molar refractivity (Wildman–Crippen MR) is 102 cm³/mol. The molecule has 29 heavy (non-hydrogen) atoms. The maximum atomic E-state index is 13.6. The molecular formula is C18H14Cl2F3N3O3. The minimum atomic E-state index is -2.89. The molecule has 0 aliphatic carbocycles. The zero-order valence-electron chi connectivity index (χ0n) is 14.6. The van der Waals surface area contributed by atoms with Crippen LogP contribution in [0.15, 0.2) is 30.3 Å². The SMILES string of the molecule is NC(=O)N[C@@H]1Cc2ccc(Cl)c(Oc3cc(F)ccc3Cl)c2N(CC(F)F)C1=O. The van der Waals surface area contributed by atoms with E-state index in [0.29, 0.717) is 5.56 Å². The normalized spacial score (nSPS) is 16.0. The van der Waals surface area contributed by atoms with E-state index < -0.39 is 36.8 Å². The lowest BCUT2D eigenvalue weighted by Gasteiger charge is -2.35. The number of ether oxygens (including phenoxy) is 1. The molecule has 0 bridgehead atoms. The van der Waals surface area contributed by atoms with Crippen LogP contribution in [0, 0.1) is 5.82 Å². The Kier molecular flexibility index (Phi) is 6.09. The smallest absolute Gasteiger partial charge is 0.312 e. The second-order valence-corrected chi connectivity index (χ2v) is 6.98. The molecule has 3 rings (SSSR count). The van der Waals surface area contributed by atoms with Crippen LogP contribution in [0.3, 0.4) is 0 Å². The summed E-state index contributed by atoms with van der Waals surface area (Å²) in [6.07, 6.45) is -2.91. The number of halogens is 5. The van der Waals surface area contributed by atoms with Gasteiger partial charge in [0.25, 0.3) is 6.43 Å². The molecule has 11 heteroatoms. The Bertz CT molecular complexity index is 975. The minimum Gasteiger partial charge on any atom is -0.452 e. The number of carbonyl (C=O) groups is 2. The first-order valence-electron chi connectivity index (χ1n) is 8.27. The third kappa shape index (κ3) is 4.51. The molecule has 0 spiro atoms. The van der Waals surface area contributed by atoms with Crippen molar-refractivity contribution < 1.29 is 27.5 Å². The summed E-state index contributed by atoms with van der Waals surface area (Å²) in [6, 6.07) is 4.21. The van der Waals surface area contributed by atoms with Gasteiger partial charge in [-0.3, -0.25) is 4.79 Å². The van der Waals surface area contributed by atoms with Crippen molar-refractivity contribution in [2.24, 2.45) is 5.73 Å². The summed E-state index contributed by atoms with van der Waals surface area (Å²) in [5, 5.41) is 2.28. The standard InChI is InChI=1S/C18H14Cl2F3N3O3/c19-10-4-2-9(21)6-13(10)29-16-11(20)3-1-8-5-12(25-18(24)28)17(27)26(15(8)16)7-14(22)23/h1-4,6,12,14H,5,7H2,(H3,24,25,28)/t12-/m1/s1. The zero-order valence-corrected chi connectivity index (χ0v) is 16.1. The van der Waals surface area contributed by atoms with Crippen molar-refractivity contribution in [3.63, 3.8) is 0 Å². The van der Waals surface area contributed by atoms with E-state index in [1.54, 1.807) is 0 Å². The molecule has 0 unspecified atom stereocenters. The van der Waals surface area contributed by atoms with Crippen LogP contribution in [0.2, 0.25) is 10.0 Å². The summed E-state index contributed by atoms with van der Waals surface area (Å²) in [4.78, 5) is 24.7. The monoisotopic (exact) mass is 447 g/mol. The summed E-state index contributed by atoms with van der Waals surface area (Å²) in [5.74, 6) is -1.70. The average Bonchev–Trinajstić information content (AvgIpc) is 2.63. The van der Waals surface area contributed by atoms with Crippen LogP contribution in [0.25, 0.3) is 0 Å². The zero-order chi connectivity index (χ0) is 21.3. The van der Waals surface area contributed by atoms with Gasteiger partial charge in [0.2, 0.25) is 5.91 Å². The van der Waals surface area contributed by atoms with E-state index in [9.17, 15) is 22.8 Å².